The number of carboxylic acids is 1. The molecule has 104 valence electrons. The third kappa shape index (κ3) is 5.46. The van der Waals surface area contributed by atoms with Gasteiger partial charge in [0.15, 0.2) is 0 Å². The zero-order valence-electron chi connectivity index (χ0n) is 11.1. The predicted molar refractivity (Wildman–Crippen MR) is 68.4 cm³/mol. The summed E-state index contributed by atoms with van der Waals surface area (Å²) < 4.78 is 0. The Bertz CT molecular complexity index is 292. The first-order chi connectivity index (χ1) is 8.54. The van der Waals surface area contributed by atoms with Crippen LogP contribution in [0, 0.1) is 0 Å². The SMILES string of the molecule is CCN(CCNCC(NC(C)=O)C(=O)O)C1CC1. The van der Waals surface area contributed by atoms with Gasteiger partial charge in [-0.15, -0.1) is 0 Å². The molecule has 1 aliphatic rings. The standard InChI is InChI=1S/C12H23N3O3/c1-3-15(10-4-5-10)7-6-13-8-11(12(17)18)14-9(2)16/h10-11,13H,3-8H2,1-2H3,(H,14,16)(H,17,18). The number of aliphatic carboxylic acids is 1. The van der Waals surface area contributed by atoms with Crippen LogP contribution in [0.25, 0.3) is 0 Å². The van der Waals surface area contributed by atoms with Gasteiger partial charge in [-0.2, -0.15) is 0 Å². The van der Waals surface area contributed by atoms with Gasteiger partial charge in [-0.3, -0.25) is 9.69 Å². The lowest BCUT2D eigenvalue weighted by Crippen LogP contribution is -2.47. The van der Waals surface area contributed by atoms with Gasteiger partial charge in [0.1, 0.15) is 6.04 Å². The molecule has 1 saturated carbocycles. The molecule has 0 heterocycles. The number of rotatable bonds is 9. The molecule has 1 unspecified atom stereocenters. The van der Waals surface area contributed by atoms with Crippen molar-refractivity contribution in [1.82, 2.24) is 15.5 Å². The highest BCUT2D eigenvalue weighted by Crippen LogP contribution is 2.25. The third-order valence-corrected chi connectivity index (χ3v) is 3.07. The zero-order valence-corrected chi connectivity index (χ0v) is 11.1. The Kier molecular flexibility index (Phi) is 6.07. The number of carboxylic acid groups (broad SMARTS) is 1. The minimum Gasteiger partial charge on any atom is -0.480 e. The summed E-state index contributed by atoms with van der Waals surface area (Å²) in [6.45, 7) is 6.41. The molecule has 1 atom stereocenters. The maximum atomic E-state index is 10.9. The molecule has 0 saturated heterocycles. The molecule has 1 fully saturated rings. The second-order valence-corrected chi connectivity index (χ2v) is 4.66. The summed E-state index contributed by atoms with van der Waals surface area (Å²) in [5, 5.41) is 14.4. The highest BCUT2D eigenvalue weighted by atomic mass is 16.4. The number of nitrogens with one attached hydrogen (secondary N) is 2. The van der Waals surface area contributed by atoms with E-state index in [1.807, 2.05) is 0 Å². The van der Waals surface area contributed by atoms with Crippen molar-refractivity contribution in [2.45, 2.75) is 38.8 Å². The zero-order chi connectivity index (χ0) is 13.5. The van der Waals surface area contributed by atoms with Crippen molar-refractivity contribution in [1.29, 1.82) is 0 Å². The number of carbonyl (C=O) groups excluding carboxylic acids is 1. The van der Waals surface area contributed by atoms with Gasteiger partial charge < -0.3 is 15.7 Å². The summed E-state index contributed by atoms with van der Waals surface area (Å²) >= 11 is 0. The minimum atomic E-state index is -1.01. The number of hydrogen-bond acceptors (Lipinski definition) is 4. The van der Waals surface area contributed by atoms with E-state index in [-0.39, 0.29) is 12.5 Å². The van der Waals surface area contributed by atoms with Gasteiger partial charge in [0.05, 0.1) is 0 Å². The lowest BCUT2D eigenvalue weighted by Gasteiger charge is -2.20. The van der Waals surface area contributed by atoms with Crippen LogP contribution in [0.3, 0.4) is 0 Å². The van der Waals surface area contributed by atoms with E-state index in [0.29, 0.717) is 0 Å². The first kappa shape index (κ1) is 14.9. The highest BCUT2D eigenvalue weighted by Gasteiger charge is 2.27. The Hall–Kier alpha value is -1.14. The Balaban J connectivity index is 2.17. The molecule has 0 aromatic carbocycles. The Labute approximate surface area is 108 Å². The number of likely N-dealkylation sites (N-methyl/N-ethyl adjacent to an activating group) is 1. The van der Waals surface area contributed by atoms with Crippen molar-refractivity contribution in [2.75, 3.05) is 26.2 Å². The topological polar surface area (TPSA) is 81.7 Å². The second kappa shape index (κ2) is 7.33. The summed E-state index contributed by atoms with van der Waals surface area (Å²) in [5.74, 6) is -1.33. The van der Waals surface area contributed by atoms with E-state index in [4.69, 9.17) is 5.11 Å². The van der Waals surface area contributed by atoms with Gasteiger partial charge in [0.2, 0.25) is 5.91 Å². The predicted octanol–water partition coefficient (Wildman–Crippen LogP) is -0.350. The third-order valence-electron chi connectivity index (χ3n) is 3.07. The van der Waals surface area contributed by atoms with Crippen molar-refractivity contribution in [3.05, 3.63) is 0 Å². The van der Waals surface area contributed by atoms with E-state index in [1.54, 1.807) is 0 Å². The van der Waals surface area contributed by atoms with Crippen LogP contribution in [0.1, 0.15) is 26.7 Å². The first-order valence-electron chi connectivity index (χ1n) is 6.49. The number of hydrogen-bond donors (Lipinski definition) is 3. The van der Waals surface area contributed by atoms with Crippen molar-refractivity contribution >= 4 is 11.9 Å². The molecule has 1 rings (SSSR count). The average Bonchev–Trinajstić information content (AvgIpc) is 3.11. The maximum Gasteiger partial charge on any atom is 0.327 e. The molecule has 6 nitrogen and oxygen atoms in total. The van der Waals surface area contributed by atoms with E-state index in [1.165, 1.54) is 19.8 Å². The molecule has 6 heteroatoms. The van der Waals surface area contributed by atoms with Crippen molar-refractivity contribution in [3.63, 3.8) is 0 Å². The lowest BCUT2D eigenvalue weighted by atomic mass is 10.3. The van der Waals surface area contributed by atoms with Crippen molar-refractivity contribution in [2.24, 2.45) is 0 Å². The van der Waals surface area contributed by atoms with Gasteiger partial charge in [-0.1, -0.05) is 6.92 Å². The van der Waals surface area contributed by atoms with Crippen molar-refractivity contribution < 1.29 is 14.7 Å². The van der Waals surface area contributed by atoms with Crippen LogP contribution in [0.15, 0.2) is 0 Å². The van der Waals surface area contributed by atoms with Gasteiger partial charge in [-0.25, -0.2) is 4.79 Å². The monoisotopic (exact) mass is 257 g/mol. The number of carbonyl (C=O) groups is 2. The fourth-order valence-corrected chi connectivity index (χ4v) is 1.95. The van der Waals surface area contributed by atoms with Crippen LogP contribution in [-0.4, -0.2) is 60.1 Å². The largest absolute Gasteiger partial charge is 0.480 e. The average molecular weight is 257 g/mol. The molecule has 0 aromatic rings. The van der Waals surface area contributed by atoms with E-state index >= 15 is 0 Å². The van der Waals surface area contributed by atoms with Crippen molar-refractivity contribution in [3.8, 4) is 0 Å². The van der Waals surface area contributed by atoms with Crippen LogP contribution in [0.4, 0.5) is 0 Å². The van der Waals surface area contributed by atoms with Gasteiger partial charge >= 0.3 is 5.97 Å². The summed E-state index contributed by atoms with van der Waals surface area (Å²) in [7, 11) is 0. The fraction of sp³-hybridized carbons (Fsp3) is 0.833. The Morgan fingerprint density at radius 3 is 2.56 bits per heavy atom. The highest BCUT2D eigenvalue weighted by molar-refractivity contribution is 5.82. The number of nitrogens with zero attached hydrogens (tertiary/aromatic N) is 1. The Morgan fingerprint density at radius 1 is 1.44 bits per heavy atom. The summed E-state index contributed by atoms with van der Waals surface area (Å²) in [5.41, 5.74) is 0. The summed E-state index contributed by atoms with van der Waals surface area (Å²) in [4.78, 5) is 24.1. The normalized spacial score (nSPS) is 16.6. The van der Waals surface area contributed by atoms with Crippen LogP contribution in [0.5, 0.6) is 0 Å². The molecule has 3 N–H and O–H groups in total. The Morgan fingerprint density at radius 2 is 2.11 bits per heavy atom. The molecule has 0 aliphatic heterocycles. The quantitative estimate of drug-likeness (QED) is 0.492. The van der Waals surface area contributed by atoms with Crippen LogP contribution >= 0.6 is 0 Å². The van der Waals surface area contributed by atoms with Crippen LogP contribution in [0.2, 0.25) is 0 Å². The van der Waals surface area contributed by atoms with Gasteiger partial charge in [0.25, 0.3) is 0 Å². The molecule has 18 heavy (non-hydrogen) atoms. The van der Waals surface area contributed by atoms with Gasteiger partial charge in [0, 0.05) is 32.6 Å². The lowest BCUT2D eigenvalue weighted by molar-refractivity contribution is -0.141. The van der Waals surface area contributed by atoms with Crippen LogP contribution < -0.4 is 10.6 Å². The smallest absolute Gasteiger partial charge is 0.327 e. The molecular weight excluding hydrogens is 234 g/mol. The first-order valence-corrected chi connectivity index (χ1v) is 6.49. The molecule has 0 aromatic heterocycles. The summed E-state index contributed by atoms with van der Waals surface area (Å²) in [6.07, 6.45) is 2.55. The molecule has 1 amide bonds. The van der Waals surface area contributed by atoms with E-state index in [2.05, 4.69) is 22.5 Å². The molecule has 1 aliphatic carbocycles. The van der Waals surface area contributed by atoms with Gasteiger partial charge in [-0.05, 0) is 19.4 Å². The molecule has 0 spiro atoms. The van der Waals surface area contributed by atoms with E-state index in [9.17, 15) is 9.59 Å². The summed E-state index contributed by atoms with van der Waals surface area (Å²) in [6, 6.07) is -0.124. The molecule has 0 bridgehead atoms. The van der Waals surface area contributed by atoms with Crippen LogP contribution in [-0.2, 0) is 9.59 Å². The molecular formula is C12H23N3O3. The minimum absolute atomic E-state index is 0.261. The fourth-order valence-electron chi connectivity index (χ4n) is 1.95. The maximum absolute atomic E-state index is 10.9. The van der Waals surface area contributed by atoms with E-state index in [0.717, 1.165) is 25.7 Å². The van der Waals surface area contributed by atoms with E-state index < -0.39 is 12.0 Å². The molecule has 0 radical (unpaired) electrons. The second-order valence-electron chi connectivity index (χ2n) is 4.66. The number of amides is 1.